The fraction of sp³-hybridized carbons (Fsp3) is 0.385. The molecule has 0 aliphatic carbocycles. The van der Waals surface area contributed by atoms with E-state index in [1.165, 1.54) is 30.0 Å². The first kappa shape index (κ1) is 28.6. The van der Waals surface area contributed by atoms with Crippen molar-refractivity contribution in [2.24, 2.45) is 5.73 Å². The van der Waals surface area contributed by atoms with Crippen LogP contribution in [0.2, 0.25) is 0 Å². The van der Waals surface area contributed by atoms with E-state index in [4.69, 9.17) is 5.73 Å². The molecular weight excluding hydrogens is 510 g/mol. The summed E-state index contributed by atoms with van der Waals surface area (Å²) in [7, 11) is 0. The second kappa shape index (κ2) is 13.6. The van der Waals surface area contributed by atoms with Crippen molar-refractivity contribution >= 4 is 41.1 Å². The molecule has 2 aromatic rings. The Morgan fingerprint density at radius 3 is 2.42 bits per heavy atom. The van der Waals surface area contributed by atoms with Crippen LogP contribution < -0.4 is 21.7 Å². The van der Waals surface area contributed by atoms with E-state index in [9.17, 15) is 29.3 Å². The molecule has 2 aromatic carbocycles. The van der Waals surface area contributed by atoms with Gasteiger partial charge in [0.25, 0.3) is 11.6 Å². The van der Waals surface area contributed by atoms with Crippen molar-refractivity contribution in [1.82, 2.24) is 16.0 Å². The van der Waals surface area contributed by atoms with Crippen LogP contribution in [0.25, 0.3) is 0 Å². The normalized spacial score (nSPS) is 20.8. The average Bonchev–Trinajstić information content (AvgIpc) is 2.89. The SMILES string of the molecule is CSCC[C@@H]1NC(=O)[C@H](Cc2ccccc2)NC(=O)c2cc([N+](=O)[O-])ccc2CCC[C@@H](C(N)=O)NC1=O. The van der Waals surface area contributed by atoms with Crippen molar-refractivity contribution in [2.75, 3.05) is 12.0 Å². The predicted molar refractivity (Wildman–Crippen MR) is 143 cm³/mol. The zero-order chi connectivity index (χ0) is 27.7. The van der Waals surface area contributed by atoms with E-state index in [0.717, 1.165) is 5.56 Å². The monoisotopic (exact) mass is 541 g/mol. The Kier molecular flexibility index (Phi) is 10.2. The van der Waals surface area contributed by atoms with E-state index in [1.807, 2.05) is 12.3 Å². The van der Waals surface area contributed by atoms with E-state index in [0.29, 0.717) is 30.6 Å². The van der Waals surface area contributed by atoms with Gasteiger partial charge < -0.3 is 21.7 Å². The minimum absolute atomic E-state index is 0.0701. The summed E-state index contributed by atoms with van der Waals surface area (Å²) in [5, 5.41) is 19.5. The van der Waals surface area contributed by atoms with Crippen molar-refractivity contribution in [3.8, 4) is 0 Å². The van der Waals surface area contributed by atoms with Gasteiger partial charge in [-0.1, -0.05) is 36.4 Å². The number of amides is 4. The molecule has 3 rings (SSSR count). The van der Waals surface area contributed by atoms with Gasteiger partial charge in [0.15, 0.2) is 0 Å². The molecule has 0 unspecified atom stereocenters. The molecule has 1 aliphatic rings. The minimum Gasteiger partial charge on any atom is -0.368 e. The number of carbonyl (C=O) groups excluding carboxylic acids is 4. The summed E-state index contributed by atoms with van der Waals surface area (Å²) in [6.45, 7) is 0. The number of hydrogen-bond donors (Lipinski definition) is 4. The number of benzene rings is 2. The molecule has 11 nitrogen and oxygen atoms in total. The summed E-state index contributed by atoms with van der Waals surface area (Å²) in [5.74, 6) is -1.93. The Morgan fingerprint density at radius 1 is 1.05 bits per heavy atom. The van der Waals surface area contributed by atoms with Crippen molar-refractivity contribution in [1.29, 1.82) is 0 Å². The number of thioether (sulfide) groups is 1. The number of nitrogens with one attached hydrogen (secondary N) is 3. The van der Waals surface area contributed by atoms with E-state index >= 15 is 0 Å². The zero-order valence-electron chi connectivity index (χ0n) is 21.0. The Balaban J connectivity index is 2.03. The quantitative estimate of drug-likeness (QED) is 0.303. The number of nitro benzene ring substituents is 1. The van der Waals surface area contributed by atoms with E-state index in [2.05, 4.69) is 16.0 Å². The molecule has 12 heteroatoms. The zero-order valence-corrected chi connectivity index (χ0v) is 21.8. The Morgan fingerprint density at radius 2 is 1.76 bits per heavy atom. The third kappa shape index (κ3) is 7.78. The number of non-ortho nitro benzene ring substituents is 1. The Hall–Kier alpha value is -3.93. The van der Waals surface area contributed by atoms with Crippen LogP contribution in [0, 0.1) is 10.1 Å². The van der Waals surface area contributed by atoms with Gasteiger partial charge in [-0.2, -0.15) is 11.8 Å². The molecule has 1 heterocycles. The van der Waals surface area contributed by atoms with Crippen LogP contribution in [-0.4, -0.2) is 58.7 Å². The molecule has 0 bridgehead atoms. The second-order valence-electron chi connectivity index (χ2n) is 9.01. The molecule has 0 spiro atoms. The third-order valence-corrected chi connectivity index (χ3v) is 6.94. The summed E-state index contributed by atoms with van der Waals surface area (Å²) in [5.41, 5.74) is 6.62. The van der Waals surface area contributed by atoms with E-state index < -0.39 is 46.7 Å². The largest absolute Gasteiger partial charge is 0.368 e. The second-order valence-corrected chi connectivity index (χ2v) is 10.00. The van der Waals surface area contributed by atoms with Gasteiger partial charge in [-0.25, -0.2) is 0 Å². The summed E-state index contributed by atoms with van der Waals surface area (Å²) in [6.07, 6.45) is 3.16. The van der Waals surface area contributed by atoms with Gasteiger partial charge in [0, 0.05) is 24.1 Å². The molecule has 0 saturated heterocycles. The van der Waals surface area contributed by atoms with Crippen molar-refractivity contribution in [3.63, 3.8) is 0 Å². The maximum Gasteiger partial charge on any atom is 0.270 e. The first-order valence-corrected chi connectivity index (χ1v) is 13.6. The van der Waals surface area contributed by atoms with Crippen LogP contribution >= 0.6 is 11.8 Å². The number of hydrogen-bond acceptors (Lipinski definition) is 7. The lowest BCUT2D eigenvalue weighted by Gasteiger charge is -2.26. The minimum atomic E-state index is -1.07. The summed E-state index contributed by atoms with van der Waals surface area (Å²) >= 11 is 1.49. The molecular formula is C26H31N5O6S. The number of nitrogens with two attached hydrogens (primary N) is 1. The van der Waals surface area contributed by atoms with Gasteiger partial charge in [-0.3, -0.25) is 29.3 Å². The highest BCUT2D eigenvalue weighted by Gasteiger charge is 2.30. The van der Waals surface area contributed by atoms with E-state index in [-0.39, 0.29) is 24.1 Å². The molecule has 5 N–H and O–H groups in total. The lowest BCUT2D eigenvalue weighted by Crippen LogP contribution is -2.57. The highest BCUT2D eigenvalue weighted by atomic mass is 32.2. The Bertz CT molecular complexity index is 1190. The number of primary amides is 1. The van der Waals surface area contributed by atoms with E-state index in [1.54, 1.807) is 24.3 Å². The fourth-order valence-electron chi connectivity index (χ4n) is 4.23. The lowest BCUT2D eigenvalue weighted by atomic mass is 9.97. The molecule has 202 valence electrons. The highest BCUT2D eigenvalue weighted by Crippen LogP contribution is 2.21. The number of fused-ring (bicyclic) bond motifs is 1. The van der Waals surface area contributed by atoms with Crippen LogP contribution in [0.1, 0.15) is 40.7 Å². The number of carbonyl (C=O) groups is 4. The van der Waals surface area contributed by atoms with Crippen LogP contribution in [0.15, 0.2) is 48.5 Å². The molecule has 0 fully saturated rings. The third-order valence-electron chi connectivity index (χ3n) is 6.30. The molecule has 3 atom stereocenters. The molecule has 0 saturated carbocycles. The summed E-state index contributed by atoms with van der Waals surface area (Å²) in [4.78, 5) is 62.8. The molecule has 0 radical (unpaired) electrons. The molecule has 0 aromatic heterocycles. The van der Waals surface area contributed by atoms with Gasteiger partial charge in [-0.05, 0) is 48.8 Å². The first-order chi connectivity index (χ1) is 18.2. The maximum atomic E-state index is 13.4. The topological polar surface area (TPSA) is 174 Å². The van der Waals surface area contributed by atoms with Crippen LogP contribution in [-0.2, 0) is 27.2 Å². The smallest absolute Gasteiger partial charge is 0.270 e. The van der Waals surface area contributed by atoms with Gasteiger partial charge >= 0.3 is 0 Å². The standard InChI is InChI=1S/C26H31N5O6S/c1-38-13-12-21-25(34)28-20(23(27)32)9-5-8-17-10-11-18(31(36)37)15-19(17)24(33)30-22(26(35)29-21)14-16-6-3-2-4-7-16/h2-4,6-7,10-11,15,20-22H,5,8-9,12-14H2,1H3,(H2,27,32)(H,28,34)(H,29,35)(H,30,33)/t20-,21-,22-/m0/s1. The van der Waals surface area contributed by atoms with Crippen molar-refractivity contribution in [2.45, 2.75) is 50.2 Å². The maximum absolute atomic E-state index is 13.4. The lowest BCUT2D eigenvalue weighted by molar-refractivity contribution is -0.384. The predicted octanol–water partition coefficient (Wildman–Crippen LogP) is 1.48. The number of nitro groups is 1. The summed E-state index contributed by atoms with van der Waals surface area (Å²) < 4.78 is 0. The molecule has 38 heavy (non-hydrogen) atoms. The number of rotatable bonds is 7. The molecule has 4 amide bonds. The molecule has 1 aliphatic heterocycles. The van der Waals surface area contributed by atoms with Gasteiger partial charge in [0.05, 0.1) is 4.92 Å². The van der Waals surface area contributed by atoms with Crippen molar-refractivity contribution < 1.29 is 24.1 Å². The Labute approximate surface area is 224 Å². The summed E-state index contributed by atoms with van der Waals surface area (Å²) in [6, 6.07) is 10.00. The highest BCUT2D eigenvalue weighted by molar-refractivity contribution is 7.98. The van der Waals surface area contributed by atoms with Crippen LogP contribution in [0.5, 0.6) is 0 Å². The fourth-order valence-corrected chi connectivity index (χ4v) is 4.71. The average molecular weight is 542 g/mol. The number of nitrogens with zero attached hydrogens (tertiary/aromatic N) is 1. The van der Waals surface area contributed by atoms with Crippen molar-refractivity contribution in [3.05, 3.63) is 75.3 Å². The van der Waals surface area contributed by atoms with Gasteiger partial charge in [0.2, 0.25) is 17.7 Å². The number of aryl methyl sites for hydroxylation is 1. The van der Waals surface area contributed by atoms with Gasteiger partial charge in [0.1, 0.15) is 18.1 Å². The van der Waals surface area contributed by atoms with Crippen LogP contribution in [0.4, 0.5) is 5.69 Å². The first-order valence-electron chi connectivity index (χ1n) is 12.2. The van der Waals surface area contributed by atoms with Gasteiger partial charge in [-0.15, -0.1) is 0 Å². The van der Waals surface area contributed by atoms with Crippen LogP contribution in [0.3, 0.4) is 0 Å².